The molecule has 0 spiro atoms. The summed E-state index contributed by atoms with van der Waals surface area (Å²) in [6, 6.07) is 8.13. The van der Waals surface area contributed by atoms with Gasteiger partial charge in [-0.25, -0.2) is 4.98 Å². The van der Waals surface area contributed by atoms with Crippen LogP contribution in [0.1, 0.15) is 25.5 Å². The first-order valence-electron chi connectivity index (χ1n) is 9.45. The summed E-state index contributed by atoms with van der Waals surface area (Å²) in [5.74, 6) is 1.11. The molecule has 5 rings (SSSR count). The summed E-state index contributed by atoms with van der Waals surface area (Å²) in [6.45, 7) is 7.32. The molecule has 0 amide bonds. The summed E-state index contributed by atoms with van der Waals surface area (Å²) < 4.78 is 8.40. The normalized spacial score (nSPS) is 15.2. The van der Waals surface area contributed by atoms with E-state index in [-0.39, 0.29) is 10.8 Å². The van der Waals surface area contributed by atoms with Crippen molar-refractivity contribution in [3.05, 3.63) is 45.8 Å². The molecule has 0 aliphatic carbocycles. The van der Waals surface area contributed by atoms with Crippen LogP contribution in [0.4, 0.5) is 5.95 Å². The maximum absolute atomic E-state index is 11.7. The van der Waals surface area contributed by atoms with Gasteiger partial charge in [0.25, 0.3) is 0 Å². The summed E-state index contributed by atoms with van der Waals surface area (Å²) in [4.78, 5) is 21.4. The van der Waals surface area contributed by atoms with Gasteiger partial charge in [0.1, 0.15) is 0 Å². The zero-order chi connectivity index (χ0) is 19.3. The number of benzene rings is 1. The predicted molar refractivity (Wildman–Crippen MR) is 112 cm³/mol. The molecule has 0 unspecified atom stereocenters. The monoisotopic (exact) mass is 395 g/mol. The highest BCUT2D eigenvalue weighted by Crippen LogP contribution is 2.35. The van der Waals surface area contributed by atoms with Gasteiger partial charge in [0, 0.05) is 24.8 Å². The van der Waals surface area contributed by atoms with Crippen molar-refractivity contribution in [2.75, 3.05) is 31.2 Å². The number of ether oxygens (including phenoxy) is 1. The number of nitrogens with zero attached hydrogens (tertiary/aromatic N) is 4. The summed E-state index contributed by atoms with van der Waals surface area (Å²) in [5, 5.41) is 4.95. The van der Waals surface area contributed by atoms with Crippen LogP contribution in [0.15, 0.2) is 35.3 Å². The van der Waals surface area contributed by atoms with E-state index in [1.54, 1.807) is 0 Å². The molecular formula is C20H21N5O2S. The van der Waals surface area contributed by atoms with E-state index in [9.17, 15) is 4.79 Å². The lowest BCUT2D eigenvalue weighted by Gasteiger charge is -2.27. The van der Waals surface area contributed by atoms with E-state index < -0.39 is 0 Å². The molecule has 1 saturated heterocycles. The van der Waals surface area contributed by atoms with Gasteiger partial charge >= 0.3 is 4.87 Å². The van der Waals surface area contributed by atoms with Crippen molar-refractivity contribution in [3.63, 3.8) is 0 Å². The third kappa shape index (κ3) is 2.80. The summed E-state index contributed by atoms with van der Waals surface area (Å²) in [5.41, 5.74) is 5.11. The van der Waals surface area contributed by atoms with Crippen molar-refractivity contribution in [3.8, 4) is 11.1 Å². The van der Waals surface area contributed by atoms with Crippen molar-refractivity contribution < 1.29 is 4.74 Å². The van der Waals surface area contributed by atoms with Crippen LogP contribution in [0.25, 0.3) is 26.9 Å². The number of hydrogen-bond donors (Lipinski definition) is 1. The highest BCUT2D eigenvalue weighted by molar-refractivity contribution is 7.16. The molecule has 144 valence electrons. The maximum Gasteiger partial charge on any atom is 0.305 e. The standard InChI is InChI=1S/C20H21N5O2S/c1-12(2)18-17(13-3-4-14-16(11-13)28-20(26)22-14)15-5-6-21-19(25(15)23-18)24-7-9-27-10-8-24/h3-6,11-12H,7-10H2,1-2H3,(H,22,26). The molecule has 1 aliphatic heterocycles. The molecule has 28 heavy (non-hydrogen) atoms. The fraction of sp³-hybridized carbons (Fsp3) is 0.350. The third-order valence-electron chi connectivity index (χ3n) is 5.11. The van der Waals surface area contributed by atoms with Crippen molar-refractivity contribution >= 4 is 33.0 Å². The zero-order valence-corrected chi connectivity index (χ0v) is 16.6. The van der Waals surface area contributed by atoms with Gasteiger partial charge in [-0.3, -0.25) is 4.79 Å². The van der Waals surface area contributed by atoms with Crippen molar-refractivity contribution in [1.82, 2.24) is 19.6 Å². The molecule has 1 N–H and O–H groups in total. The largest absolute Gasteiger partial charge is 0.378 e. The number of rotatable bonds is 3. The number of morpholine rings is 1. The fourth-order valence-corrected chi connectivity index (χ4v) is 4.54. The number of aromatic amines is 1. The number of nitrogens with one attached hydrogen (secondary N) is 1. The highest BCUT2D eigenvalue weighted by Gasteiger charge is 2.22. The average Bonchev–Trinajstić information content (AvgIpc) is 3.27. The summed E-state index contributed by atoms with van der Waals surface area (Å²) in [7, 11) is 0. The van der Waals surface area contributed by atoms with Gasteiger partial charge in [0.05, 0.1) is 34.6 Å². The first-order valence-corrected chi connectivity index (χ1v) is 10.3. The Kier molecular flexibility index (Phi) is 4.17. The van der Waals surface area contributed by atoms with Crippen LogP contribution in [-0.4, -0.2) is 45.9 Å². The van der Waals surface area contributed by atoms with Crippen LogP contribution in [0.2, 0.25) is 0 Å². The number of anilines is 1. The van der Waals surface area contributed by atoms with Crippen molar-refractivity contribution in [1.29, 1.82) is 0 Å². The second-order valence-electron chi connectivity index (χ2n) is 7.28. The molecule has 3 aromatic heterocycles. The molecule has 1 fully saturated rings. The van der Waals surface area contributed by atoms with E-state index in [0.29, 0.717) is 13.2 Å². The molecule has 4 heterocycles. The van der Waals surface area contributed by atoms with Crippen LogP contribution in [0.5, 0.6) is 0 Å². The van der Waals surface area contributed by atoms with Crippen LogP contribution < -0.4 is 9.77 Å². The minimum Gasteiger partial charge on any atom is -0.378 e. The van der Waals surface area contributed by atoms with Crippen molar-refractivity contribution in [2.24, 2.45) is 0 Å². The van der Waals surface area contributed by atoms with E-state index in [0.717, 1.165) is 51.6 Å². The lowest BCUT2D eigenvalue weighted by atomic mass is 9.98. The van der Waals surface area contributed by atoms with E-state index >= 15 is 0 Å². The Morgan fingerprint density at radius 2 is 2.04 bits per heavy atom. The number of fused-ring (bicyclic) bond motifs is 2. The Bertz CT molecular complexity index is 1220. The Morgan fingerprint density at radius 3 is 2.82 bits per heavy atom. The highest BCUT2D eigenvalue weighted by atomic mass is 32.1. The van der Waals surface area contributed by atoms with Crippen LogP contribution >= 0.6 is 11.3 Å². The number of aromatic nitrogens is 4. The Hall–Kier alpha value is -2.71. The topological polar surface area (TPSA) is 75.5 Å². The molecule has 1 aliphatic rings. The molecular weight excluding hydrogens is 374 g/mol. The van der Waals surface area contributed by atoms with Gasteiger partial charge < -0.3 is 14.6 Å². The van der Waals surface area contributed by atoms with Crippen LogP contribution in [0, 0.1) is 0 Å². The molecule has 0 atom stereocenters. The quantitative estimate of drug-likeness (QED) is 0.576. The van der Waals surface area contributed by atoms with Crippen molar-refractivity contribution in [2.45, 2.75) is 19.8 Å². The minimum atomic E-state index is -0.0325. The Labute approximate surface area is 165 Å². The maximum atomic E-state index is 11.7. The minimum absolute atomic E-state index is 0.0325. The SMILES string of the molecule is CC(C)c1nn2c(N3CCOCC3)nccc2c1-c1ccc2[nH]c(=O)sc2c1. The van der Waals surface area contributed by atoms with E-state index in [1.807, 2.05) is 22.8 Å². The fourth-order valence-electron chi connectivity index (χ4n) is 3.76. The van der Waals surface area contributed by atoms with Gasteiger partial charge in [-0.15, -0.1) is 0 Å². The molecule has 0 saturated carbocycles. The predicted octanol–water partition coefficient (Wildman–Crippen LogP) is 3.26. The second-order valence-corrected chi connectivity index (χ2v) is 8.30. The van der Waals surface area contributed by atoms with Gasteiger partial charge in [0.2, 0.25) is 5.95 Å². The Balaban J connectivity index is 1.74. The second kappa shape index (κ2) is 6.72. The molecule has 7 nitrogen and oxygen atoms in total. The Morgan fingerprint density at radius 1 is 1.21 bits per heavy atom. The number of H-pyrrole nitrogens is 1. The molecule has 4 aromatic rings. The smallest absolute Gasteiger partial charge is 0.305 e. The molecule has 0 bridgehead atoms. The first-order chi connectivity index (χ1) is 13.6. The number of thiazole rings is 1. The lowest BCUT2D eigenvalue weighted by molar-refractivity contribution is 0.122. The van der Waals surface area contributed by atoms with Gasteiger partial charge in [-0.2, -0.15) is 9.61 Å². The van der Waals surface area contributed by atoms with E-state index in [1.165, 1.54) is 11.3 Å². The zero-order valence-electron chi connectivity index (χ0n) is 15.8. The average molecular weight is 395 g/mol. The lowest BCUT2D eigenvalue weighted by Crippen LogP contribution is -2.38. The van der Waals surface area contributed by atoms with Gasteiger partial charge in [0.15, 0.2) is 0 Å². The summed E-state index contributed by atoms with van der Waals surface area (Å²) in [6.07, 6.45) is 1.85. The van der Waals surface area contributed by atoms with Gasteiger partial charge in [-0.1, -0.05) is 31.3 Å². The molecule has 1 aromatic carbocycles. The summed E-state index contributed by atoms with van der Waals surface area (Å²) >= 11 is 1.24. The third-order valence-corrected chi connectivity index (χ3v) is 5.96. The molecule has 8 heteroatoms. The van der Waals surface area contributed by atoms with E-state index in [4.69, 9.17) is 9.84 Å². The van der Waals surface area contributed by atoms with E-state index in [2.05, 4.69) is 40.8 Å². The van der Waals surface area contributed by atoms with Gasteiger partial charge in [-0.05, 0) is 29.7 Å². The molecule has 0 radical (unpaired) electrons. The first kappa shape index (κ1) is 17.4. The number of hydrogen-bond acceptors (Lipinski definition) is 6. The van der Waals surface area contributed by atoms with Crippen LogP contribution in [0.3, 0.4) is 0 Å². The van der Waals surface area contributed by atoms with Crippen LogP contribution in [-0.2, 0) is 4.74 Å².